The van der Waals surface area contributed by atoms with Gasteiger partial charge in [0.25, 0.3) is 0 Å². The molecule has 1 aromatic carbocycles. The van der Waals surface area contributed by atoms with E-state index in [1.807, 2.05) is 24.6 Å². The lowest BCUT2D eigenvalue weighted by Gasteiger charge is -2.09. The summed E-state index contributed by atoms with van der Waals surface area (Å²) in [5, 5.41) is 7.95. The monoisotopic (exact) mass is 309 g/mol. The van der Waals surface area contributed by atoms with Crippen LogP contribution in [0.25, 0.3) is 0 Å². The highest BCUT2D eigenvalue weighted by atomic mass is 79.9. The van der Waals surface area contributed by atoms with E-state index in [4.69, 9.17) is 4.74 Å². The van der Waals surface area contributed by atoms with Crippen LogP contribution in [0.5, 0.6) is 5.75 Å². The zero-order valence-corrected chi connectivity index (χ0v) is 11.6. The van der Waals surface area contributed by atoms with Crippen molar-refractivity contribution in [3.8, 4) is 5.75 Å². The Morgan fingerprint density at radius 3 is 2.83 bits per heavy atom. The molecule has 0 saturated heterocycles. The largest absolute Gasteiger partial charge is 0.484 e. The van der Waals surface area contributed by atoms with Gasteiger partial charge in [0.05, 0.1) is 10.0 Å². The average Bonchev–Trinajstić information content (AvgIpc) is 2.68. The molecule has 0 aliphatic rings. The van der Waals surface area contributed by atoms with Crippen LogP contribution in [0.1, 0.15) is 22.0 Å². The zero-order chi connectivity index (χ0) is 13.1. The van der Waals surface area contributed by atoms with Gasteiger partial charge in [-0.3, -0.25) is 4.79 Å². The van der Waals surface area contributed by atoms with Crippen molar-refractivity contribution in [2.24, 2.45) is 7.05 Å². The van der Waals surface area contributed by atoms with Crippen molar-refractivity contribution in [3.05, 3.63) is 39.9 Å². The maximum absolute atomic E-state index is 10.9. The molecule has 0 saturated carbocycles. The van der Waals surface area contributed by atoms with Gasteiger partial charge in [0.2, 0.25) is 0 Å². The minimum atomic E-state index is 0.265. The van der Waals surface area contributed by atoms with Crippen LogP contribution >= 0.6 is 15.9 Å². The summed E-state index contributed by atoms with van der Waals surface area (Å²) in [6.07, 6.45) is 0.766. The van der Waals surface area contributed by atoms with Gasteiger partial charge in [0.1, 0.15) is 18.2 Å². The molecule has 0 N–H and O–H groups in total. The molecule has 18 heavy (non-hydrogen) atoms. The van der Waals surface area contributed by atoms with Gasteiger partial charge in [0, 0.05) is 7.05 Å². The second-order valence-electron chi connectivity index (χ2n) is 3.79. The van der Waals surface area contributed by atoms with E-state index in [-0.39, 0.29) is 6.61 Å². The number of para-hydroxylation sites is 1. The van der Waals surface area contributed by atoms with Gasteiger partial charge in [0.15, 0.2) is 12.1 Å². The summed E-state index contributed by atoms with van der Waals surface area (Å²) >= 11 is 3.36. The molecule has 2 aromatic rings. The van der Waals surface area contributed by atoms with Gasteiger partial charge in [-0.15, -0.1) is 10.2 Å². The summed E-state index contributed by atoms with van der Waals surface area (Å²) in [6, 6.07) is 5.31. The number of nitrogens with zero attached hydrogens (tertiary/aromatic N) is 3. The van der Waals surface area contributed by atoms with E-state index in [0.717, 1.165) is 16.6 Å². The van der Waals surface area contributed by atoms with Crippen LogP contribution in [0.3, 0.4) is 0 Å². The molecule has 0 atom stereocenters. The van der Waals surface area contributed by atoms with Gasteiger partial charge in [-0.25, -0.2) is 0 Å². The Balaban J connectivity index is 2.20. The lowest BCUT2D eigenvalue weighted by molar-refractivity contribution is 0.111. The first-order valence-corrected chi connectivity index (χ1v) is 6.14. The van der Waals surface area contributed by atoms with Crippen LogP contribution in [-0.2, 0) is 13.7 Å². The average molecular weight is 310 g/mol. The summed E-state index contributed by atoms with van der Waals surface area (Å²) < 4.78 is 8.22. The van der Waals surface area contributed by atoms with Crippen molar-refractivity contribution < 1.29 is 9.53 Å². The van der Waals surface area contributed by atoms with E-state index in [2.05, 4.69) is 26.1 Å². The quantitative estimate of drug-likeness (QED) is 0.813. The second-order valence-corrected chi connectivity index (χ2v) is 4.64. The Kier molecular flexibility index (Phi) is 3.76. The van der Waals surface area contributed by atoms with E-state index < -0.39 is 0 Å². The number of aromatic nitrogens is 3. The van der Waals surface area contributed by atoms with Gasteiger partial charge in [-0.05, 0) is 35.0 Å². The fraction of sp³-hybridized carbons (Fsp3) is 0.250. The first-order chi connectivity index (χ1) is 8.63. The van der Waals surface area contributed by atoms with Gasteiger partial charge in [-0.2, -0.15) is 0 Å². The summed E-state index contributed by atoms with van der Waals surface area (Å²) in [7, 11) is 1.87. The van der Waals surface area contributed by atoms with Crippen LogP contribution in [0.15, 0.2) is 22.7 Å². The molecule has 6 heteroatoms. The van der Waals surface area contributed by atoms with Crippen molar-refractivity contribution in [2.45, 2.75) is 13.5 Å². The van der Waals surface area contributed by atoms with E-state index in [1.165, 1.54) is 0 Å². The van der Waals surface area contributed by atoms with Crippen molar-refractivity contribution in [1.82, 2.24) is 14.8 Å². The van der Waals surface area contributed by atoms with E-state index in [9.17, 15) is 4.79 Å². The van der Waals surface area contributed by atoms with Crippen molar-refractivity contribution >= 4 is 22.2 Å². The number of halogens is 1. The maximum atomic E-state index is 10.9. The molecule has 2 rings (SSSR count). The van der Waals surface area contributed by atoms with Gasteiger partial charge >= 0.3 is 0 Å². The topological polar surface area (TPSA) is 57.0 Å². The minimum Gasteiger partial charge on any atom is -0.484 e. The lowest BCUT2D eigenvalue weighted by Crippen LogP contribution is -2.05. The third-order valence-corrected chi connectivity index (χ3v) is 3.28. The zero-order valence-electron chi connectivity index (χ0n) is 10.1. The SMILES string of the molecule is Cc1nnc(COc2c(Br)cccc2C=O)n1C. The van der Waals surface area contributed by atoms with Crippen LogP contribution < -0.4 is 4.74 Å². The van der Waals surface area contributed by atoms with Gasteiger partial charge in [-0.1, -0.05) is 6.07 Å². The highest BCUT2D eigenvalue weighted by Gasteiger charge is 2.10. The number of aldehydes is 1. The molecule has 0 unspecified atom stereocenters. The van der Waals surface area contributed by atoms with Crippen LogP contribution in [0.4, 0.5) is 0 Å². The molecule has 1 aromatic heterocycles. The predicted octanol–water partition coefficient (Wildman–Crippen LogP) is 2.28. The Hall–Kier alpha value is -1.69. The summed E-state index contributed by atoms with van der Waals surface area (Å²) in [6.45, 7) is 2.13. The molecule has 5 nitrogen and oxygen atoms in total. The highest BCUT2D eigenvalue weighted by Crippen LogP contribution is 2.28. The molecule has 0 spiro atoms. The Morgan fingerprint density at radius 2 is 2.22 bits per heavy atom. The number of rotatable bonds is 4. The molecule has 0 amide bonds. The van der Waals surface area contributed by atoms with E-state index in [0.29, 0.717) is 17.1 Å². The number of benzene rings is 1. The number of hydrogen-bond acceptors (Lipinski definition) is 4. The normalized spacial score (nSPS) is 10.4. The lowest BCUT2D eigenvalue weighted by atomic mass is 10.2. The predicted molar refractivity (Wildman–Crippen MR) is 69.6 cm³/mol. The molecule has 0 fully saturated rings. The Bertz CT molecular complexity index is 581. The summed E-state index contributed by atoms with van der Waals surface area (Å²) in [4.78, 5) is 10.9. The van der Waals surface area contributed by atoms with Crippen LogP contribution in [-0.4, -0.2) is 21.1 Å². The highest BCUT2D eigenvalue weighted by molar-refractivity contribution is 9.10. The fourth-order valence-corrected chi connectivity index (χ4v) is 1.98. The number of carbonyl (C=O) groups excluding carboxylic acids is 1. The minimum absolute atomic E-state index is 0.265. The maximum Gasteiger partial charge on any atom is 0.170 e. The van der Waals surface area contributed by atoms with Crippen LogP contribution in [0, 0.1) is 6.92 Å². The van der Waals surface area contributed by atoms with Gasteiger partial charge < -0.3 is 9.30 Å². The molecule has 94 valence electrons. The summed E-state index contributed by atoms with van der Waals surface area (Å²) in [5.41, 5.74) is 0.503. The molecule has 0 bridgehead atoms. The molecule has 1 heterocycles. The fourth-order valence-electron chi connectivity index (χ4n) is 1.48. The smallest absolute Gasteiger partial charge is 0.170 e. The van der Waals surface area contributed by atoms with Crippen LogP contribution in [0.2, 0.25) is 0 Å². The second kappa shape index (κ2) is 5.30. The molecule has 0 aliphatic carbocycles. The van der Waals surface area contributed by atoms with Crippen molar-refractivity contribution in [2.75, 3.05) is 0 Å². The molecule has 0 aliphatic heterocycles. The molecular formula is C12H12BrN3O2. The first-order valence-electron chi connectivity index (χ1n) is 5.35. The van der Waals surface area contributed by atoms with E-state index in [1.54, 1.807) is 12.1 Å². The standard InChI is InChI=1S/C12H12BrN3O2/c1-8-14-15-11(16(8)2)7-18-12-9(6-17)4-3-5-10(12)13/h3-6H,7H2,1-2H3. The molecule has 0 radical (unpaired) electrons. The number of ether oxygens (including phenoxy) is 1. The third kappa shape index (κ3) is 2.43. The summed E-state index contributed by atoms with van der Waals surface area (Å²) in [5.74, 6) is 2.05. The third-order valence-electron chi connectivity index (χ3n) is 2.65. The van der Waals surface area contributed by atoms with Crippen molar-refractivity contribution in [1.29, 1.82) is 0 Å². The number of aryl methyl sites for hydroxylation is 1. The Morgan fingerprint density at radius 1 is 1.44 bits per heavy atom. The Labute approximate surface area is 113 Å². The number of hydrogen-bond donors (Lipinski definition) is 0. The molecular weight excluding hydrogens is 298 g/mol. The van der Waals surface area contributed by atoms with E-state index >= 15 is 0 Å². The first kappa shape index (κ1) is 12.8. The van der Waals surface area contributed by atoms with Crippen molar-refractivity contribution in [3.63, 3.8) is 0 Å². The number of carbonyl (C=O) groups is 1.